The van der Waals surface area contributed by atoms with Crippen LogP contribution in [0.15, 0.2) is 48.0 Å². The van der Waals surface area contributed by atoms with Crippen LogP contribution in [0.4, 0.5) is 10.1 Å². The molecule has 1 aromatic heterocycles. The van der Waals surface area contributed by atoms with E-state index in [2.05, 4.69) is 10.3 Å². The zero-order valence-corrected chi connectivity index (χ0v) is 14.2. The van der Waals surface area contributed by atoms with Crippen LogP contribution in [0.3, 0.4) is 0 Å². The lowest BCUT2D eigenvalue weighted by Gasteiger charge is -2.16. The Morgan fingerprint density at radius 2 is 2.00 bits per heavy atom. The van der Waals surface area contributed by atoms with E-state index < -0.39 is 23.8 Å². The Hall–Kier alpha value is -2.80. The first kappa shape index (κ1) is 17.0. The normalized spacial score (nSPS) is 11.9. The second kappa shape index (κ2) is 7.40. The maximum Gasteiger partial charge on any atom is 0.338 e. The predicted octanol–water partition coefficient (Wildman–Crippen LogP) is 4.01. The fraction of sp³-hybridized carbons (Fsp3) is 0.167. The summed E-state index contributed by atoms with van der Waals surface area (Å²) in [5.74, 6) is -1.42. The molecule has 0 saturated heterocycles. The number of nitrogens with one attached hydrogen (secondary N) is 1. The minimum Gasteiger partial charge on any atom is -0.449 e. The van der Waals surface area contributed by atoms with Gasteiger partial charge in [-0.25, -0.2) is 14.2 Å². The van der Waals surface area contributed by atoms with Crippen molar-refractivity contribution in [1.29, 1.82) is 0 Å². The smallest absolute Gasteiger partial charge is 0.338 e. The van der Waals surface area contributed by atoms with E-state index in [0.29, 0.717) is 17.7 Å². The molecule has 25 heavy (non-hydrogen) atoms. The van der Waals surface area contributed by atoms with Crippen LogP contribution in [0.2, 0.25) is 0 Å². The second-order valence-electron chi connectivity index (χ2n) is 5.33. The summed E-state index contributed by atoms with van der Waals surface area (Å²) >= 11 is 1.42. The van der Waals surface area contributed by atoms with Crippen molar-refractivity contribution >= 4 is 39.1 Å². The Morgan fingerprint density at radius 3 is 2.72 bits per heavy atom. The van der Waals surface area contributed by atoms with Crippen LogP contribution in [0.5, 0.6) is 0 Å². The Morgan fingerprint density at radius 1 is 1.24 bits per heavy atom. The molecule has 3 rings (SSSR count). The van der Waals surface area contributed by atoms with Crippen molar-refractivity contribution in [3.05, 3.63) is 59.4 Å². The Labute approximate surface area is 147 Å². The lowest BCUT2D eigenvalue weighted by molar-refractivity contribution is -0.124. The maximum atomic E-state index is 12.9. The third-order valence-electron chi connectivity index (χ3n) is 3.59. The Kier molecular flexibility index (Phi) is 5.04. The highest BCUT2D eigenvalue weighted by molar-refractivity contribution is 7.16. The van der Waals surface area contributed by atoms with Gasteiger partial charge in [-0.1, -0.05) is 6.92 Å². The third-order valence-corrected chi connectivity index (χ3v) is 4.38. The summed E-state index contributed by atoms with van der Waals surface area (Å²) in [6, 6.07) is 10.4. The predicted molar refractivity (Wildman–Crippen MR) is 94.1 cm³/mol. The summed E-state index contributed by atoms with van der Waals surface area (Å²) < 4.78 is 19.1. The average molecular weight is 358 g/mol. The third kappa shape index (κ3) is 4.00. The van der Waals surface area contributed by atoms with Crippen LogP contribution in [-0.2, 0) is 9.53 Å². The number of benzene rings is 2. The number of rotatable bonds is 5. The Balaban J connectivity index is 1.68. The molecule has 0 spiro atoms. The van der Waals surface area contributed by atoms with Gasteiger partial charge < -0.3 is 10.1 Å². The highest BCUT2D eigenvalue weighted by Crippen LogP contribution is 2.20. The van der Waals surface area contributed by atoms with Crippen molar-refractivity contribution in [3.63, 3.8) is 0 Å². The summed E-state index contributed by atoms with van der Waals surface area (Å²) in [4.78, 5) is 28.7. The molecule has 0 aliphatic carbocycles. The van der Waals surface area contributed by atoms with Gasteiger partial charge in [0.1, 0.15) is 5.82 Å². The molecule has 2 aromatic carbocycles. The first-order valence-corrected chi connectivity index (χ1v) is 8.55. The number of hydrogen-bond acceptors (Lipinski definition) is 5. The summed E-state index contributed by atoms with van der Waals surface area (Å²) in [5, 5.41) is 2.61. The molecule has 3 aromatic rings. The first-order valence-electron chi connectivity index (χ1n) is 7.67. The van der Waals surface area contributed by atoms with E-state index in [0.717, 1.165) is 10.2 Å². The van der Waals surface area contributed by atoms with E-state index in [1.807, 2.05) is 0 Å². The van der Waals surface area contributed by atoms with Crippen LogP contribution in [0.25, 0.3) is 10.2 Å². The van der Waals surface area contributed by atoms with Crippen molar-refractivity contribution < 1.29 is 18.7 Å². The molecule has 1 unspecified atom stereocenters. The standard InChI is InChI=1S/C18H15FN2O3S/c1-2-15(17(22)21-13-6-4-12(19)5-7-13)24-18(23)11-3-8-14-16(9-11)25-10-20-14/h3-10,15H,2H2,1H3,(H,21,22). The molecule has 0 aliphatic heterocycles. The number of amides is 1. The van der Waals surface area contributed by atoms with E-state index in [1.54, 1.807) is 30.6 Å². The number of carbonyl (C=O) groups is 2. The molecule has 1 N–H and O–H groups in total. The monoisotopic (exact) mass is 358 g/mol. The van der Waals surface area contributed by atoms with Gasteiger partial charge >= 0.3 is 5.97 Å². The molecule has 5 nitrogen and oxygen atoms in total. The molecular formula is C18H15FN2O3S. The zero-order valence-electron chi connectivity index (χ0n) is 13.4. The Bertz CT molecular complexity index is 908. The number of nitrogens with zero attached hydrogens (tertiary/aromatic N) is 1. The number of ether oxygens (including phenoxy) is 1. The summed E-state index contributed by atoms with van der Waals surface area (Å²) in [5.41, 5.74) is 3.31. The number of esters is 1. The van der Waals surface area contributed by atoms with Gasteiger partial charge in [0.05, 0.1) is 21.3 Å². The number of carbonyl (C=O) groups excluding carboxylic acids is 2. The molecule has 0 aliphatic rings. The van der Waals surface area contributed by atoms with Crippen molar-refractivity contribution in [2.75, 3.05) is 5.32 Å². The molecule has 7 heteroatoms. The van der Waals surface area contributed by atoms with Gasteiger partial charge in [0.25, 0.3) is 5.91 Å². The van der Waals surface area contributed by atoms with E-state index in [4.69, 9.17) is 4.74 Å². The van der Waals surface area contributed by atoms with Crippen molar-refractivity contribution in [2.45, 2.75) is 19.4 Å². The quantitative estimate of drug-likeness (QED) is 0.700. The van der Waals surface area contributed by atoms with Gasteiger partial charge in [-0.15, -0.1) is 11.3 Å². The number of thiazole rings is 1. The van der Waals surface area contributed by atoms with Crippen molar-refractivity contribution in [2.24, 2.45) is 0 Å². The maximum absolute atomic E-state index is 12.9. The van der Waals surface area contributed by atoms with E-state index in [-0.39, 0.29) is 0 Å². The molecule has 1 atom stereocenters. The molecule has 0 radical (unpaired) electrons. The van der Waals surface area contributed by atoms with Crippen LogP contribution >= 0.6 is 11.3 Å². The zero-order chi connectivity index (χ0) is 17.8. The van der Waals surface area contributed by atoms with Crippen LogP contribution in [-0.4, -0.2) is 23.0 Å². The van der Waals surface area contributed by atoms with Crippen molar-refractivity contribution in [3.8, 4) is 0 Å². The van der Waals surface area contributed by atoms with Crippen molar-refractivity contribution in [1.82, 2.24) is 4.98 Å². The van der Waals surface area contributed by atoms with Gasteiger partial charge in [0.2, 0.25) is 0 Å². The molecule has 0 bridgehead atoms. The molecule has 1 amide bonds. The minimum absolute atomic E-state index is 0.321. The van der Waals surface area contributed by atoms with Crippen LogP contribution < -0.4 is 5.32 Å². The second-order valence-corrected chi connectivity index (χ2v) is 6.22. The lowest BCUT2D eigenvalue weighted by Crippen LogP contribution is -2.32. The van der Waals surface area contributed by atoms with Gasteiger partial charge in [-0.2, -0.15) is 0 Å². The summed E-state index contributed by atoms with van der Waals surface area (Å²) in [7, 11) is 0. The van der Waals surface area contributed by atoms with Gasteiger partial charge in [0.15, 0.2) is 6.10 Å². The topological polar surface area (TPSA) is 68.3 Å². The largest absolute Gasteiger partial charge is 0.449 e. The van der Waals surface area contributed by atoms with Crippen LogP contribution in [0.1, 0.15) is 23.7 Å². The average Bonchev–Trinajstić information content (AvgIpc) is 3.09. The van der Waals surface area contributed by atoms with Crippen LogP contribution in [0, 0.1) is 5.82 Å². The number of aromatic nitrogens is 1. The lowest BCUT2D eigenvalue weighted by atomic mass is 10.2. The number of halogens is 1. The number of hydrogen-bond donors (Lipinski definition) is 1. The van der Waals surface area contributed by atoms with E-state index in [9.17, 15) is 14.0 Å². The van der Waals surface area contributed by atoms with E-state index >= 15 is 0 Å². The fourth-order valence-corrected chi connectivity index (χ4v) is 2.97. The SMILES string of the molecule is CCC(OC(=O)c1ccc2ncsc2c1)C(=O)Nc1ccc(F)cc1. The summed E-state index contributed by atoms with van der Waals surface area (Å²) in [6.07, 6.45) is -0.614. The number of anilines is 1. The highest BCUT2D eigenvalue weighted by atomic mass is 32.1. The molecule has 0 fully saturated rings. The molecular weight excluding hydrogens is 343 g/mol. The van der Waals surface area contributed by atoms with Gasteiger partial charge in [-0.05, 0) is 48.9 Å². The van der Waals surface area contributed by atoms with Gasteiger partial charge in [0, 0.05) is 5.69 Å². The highest BCUT2D eigenvalue weighted by Gasteiger charge is 2.22. The molecule has 0 saturated carbocycles. The van der Waals surface area contributed by atoms with Gasteiger partial charge in [-0.3, -0.25) is 4.79 Å². The minimum atomic E-state index is -0.935. The molecule has 1 heterocycles. The fourth-order valence-electron chi connectivity index (χ4n) is 2.26. The first-order chi connectivity index (χ1) is 12.1. The van der Waals surface area contributed by atoms with E-state index in [1.165, 1.54) is 35.6 Å². The summed E-state index contributed by atoms with van der Waals surface area (Å²) in [6.45, 7) is 1.74. The molecule has 128 valence electrons. The number of fused-ring (bicyclic) bond motifs is 1.